The highest BCUT2D eigenvalue weighted by Crippen LogP contribution is 2.02. The zero-order valence-corrected chi connectivity index (χ0v) is 15.3. The number of thiol groups is 2. The van der Waals surface area contributed by atoms with Crippen LogP contribution in [-0.4, -0.2) is 55.6 Å². The van der Waals surface area contributed by atoms with Gasteiger partial charge in [0.05, 0.1) is 6.10 Å². The largest absolute Gasteiger partial charge is 0.481 e. The molecule has 0 fully saturated rings. The average molecular weight is 359 g/mol. The van der Waals surface area contributed by atoms with Crippen LogP contribution >= 0.6 is 25.3 Å². The number of aliphatic hydroxyl groups excluding tert-OH is 2. The molecule has 0 saturated carbocycles. The molecular weight excluding hydrogens is 328 g/mol. The van der Waals surface area contributed by atoms with E-state index < -0.39 is 11.9 Å². The van der Waals surface area contributed by atoms with Crippen LogP contribution in [0.3, 0.4) is 0 Å². The first kappa shape index (κ1) is 26.5. The zero-order chi connectivity index (χ0) is 18.1. The van der Waals surface area contributed by atoms with Crippen molar-refractivity contribution in [1.29, 1.82) is 0 Å². The molecule has 0 radical (unpaired) electrons. The molecule has 0 aliphatic carbocycles. The summed E-state index contributed by atoms with van der Waals surface area (Å²) < 4.78 is 0. The van der Waals surface area contributed by atoms with Crippen molar-refractivity contribution in [2.24, 2.45) is 0 Å². The second-order valence-corrected chi connectivity index (χ2v) is 6.69. The lowest BCUT2D eigenvalue weighted by molar-refractivity contribution is -0.138. The molecule has 4 N–H and O–H groups in total. The van der Waals surface area contributed by atoms with Gasteiger partial charge in [-0.25, -0.2) is 0 Å². The normalized spacial score (nSPS) is 13.6. The van der Waals surface area contributed by atoms with Gasteiger partial charge in [-0.3, -0.25) is 9.59 Å². The van der Waals surface area contributed by atoms with Gasteiger partial charge < -0.3 is 20.4 Å². The van der Waals surface area contributed by atoms with E-state index in [1.807, 2.05) is 13.8 Å². The van der Waals surface area contributed by atoms with Crippen molar-refractivity contribution in [2.45, 2.75) is 69.5 Å². The maximum atomic E-state index is 9.87. The third kappa shape index (κ3) is 42.7. The number of hydrogen-bond donors (Lipinski definition) is 6. The molecule has 0 aliphatic heterocycles. The monoisotopic (exact) mass is 358 g/mol. The zero-order valence-electron chi connectivity index (χ0n) is 13.5. The van der Waals surface area contributed by atoms with Crippen LogP contribution in [-0.2, 0) is 9.59 Å². The Labute approximate surface area is 143 Å². The third-order valence-electron chi connectivity index (χ3n) is 2.10. The Morgan fingerprint density at radius 2 is 1.18 bits per heavy atom. The van der Waals surface area contributed by atoms with Crippen LogP contribution in [0.15, 0.2) is 0 Å². The molecular formula is C14H30O6S2. The Kier molecular flexibility index (Phi) is 22.4. The van der Waals surface area contributed by atoms with Gasteiger partial charge in [0.1, 0.15) is 0 Å². The van der Waals surface area contributed by atoms with Crippen molar-refractivity contribution in [3.8, 4) is 0 Å². The molecule has 3 atom stereocenters. The van der Waals surface area contributed by atoms with Crippen molar-refractivity contribution in [2.75, 3.05) is 6.61 Å². The highest BCUT2D eigenvalue weighted by atomic mass is 32.1. The molecule has 0 spiro atoms. The standard InChI is InChI=1S/2C5H10O2S.C4H10O2/c2*1-4(8)2-3-5(6)7;1-4(6)2-3-5/h2*4,8H,2-3H2,1H3,(H,6,7);4-6H,2-3H2,1H3. The van der Waals surface area contributed by atoms with Gasteiger partial charge >= 0.3 is 11.9 Å². The molecule has 3 unspecified atom stereocenters. The summed E-state index contributed by atoms with van der Waals surface area (Å²) in [6.07, 6.45) is 1.89. The fourth-order valence-electron chi connectivity index (χ4n) is 0.852. The number of aliphatic hydroxyl groups is 2. The van der Waals surface area contributed by atoms with Crippen molar-refractivity contribution < 1.29 is 30.0 Å². The smallest absolute Gasteiger partial charge is 0.303 e. The van der Waals surface area contributed by atoms with Crippen LogP contribution in [0.5, 0.6) is 0 Å². The summed E-state index contributed by atoms with van der Waals surface area (Å²) in [6.45, 7) is 5.49. The summed E-state index contributed by atoms with van der Waals surface area (Å²) >= 11 is 8.02. The molecule has 8 heteroatoms. The van der Waals surface area contributed by atoms with Gasteiger partial charge in [0.15, 0.2) is 0 Å². The Hall–Kier alpha value is -0.440. The van der Waals surface area contributed by atoms with Crippen LogP contribution in [0.1, 0.15) is 52.9 Å². The quantitative estimate of drug-likeness (QED) is 0.370. The Balaban J connectivity index is -0.000000249. The lowest BCUT2D eigenvalue weighted by Gasteiger charge is -1.96. The van der Waals surface area contributed by atoms with Gasteiger partial charge in [-0.2, -0.15) is 25.3 Å². The van der Waals surface area contributed by atoms with E-state index in [0.717, 1.165) is 0 Å². The molecule has 0 aromatic carbocycles. The second-order valence-electron chi connectivity index (χ2n) is 4.92. The molecule has 0 aliphatic rings. The number of hydrogen-bond acceptors (Lipinski definition) is 6. The van der Waals surface area contributed by atoms with E-state index in [1.165, 1.54) is 0 Å². The molecule has 0 saturated heterocycles. The molecule has 22 heavy (non-hydrogen) atoms. The van der Waals surface area contributed by atoms with Crippen molar-refractivity contribution in [3.05, 3.63) is 0 Å². The number of carboxylic acid groups (broad SMARTS) is 2. The van der Waals surface area contributed by atoms with Crippen LogP contribution in [0.25, 0.3) is 0 Å². The summed E-state index contributed by atoms with van der Waals surface area (Å²) in [5.74, 6) is -1.49. The van der Waals surface area contributed by atoms with Gasteiger partial charge in [-0.05, 0) is 36.7 Å². The first-order valence-electron chi connectivity index (χ1n) is 7.11. The Bertz CT molecular complexity index is 248. The van der Waals surface area contributed by atoms with Gasteiger partial charge in [0, 0.05) is 19.4 Å². The number of carboxylic acids is 2. The average Bonchev–Trinajstić information content (AvgIpc) is 2.35. The molecule has 0 aromatic heterocycles. The van der Waals surface area contributed by atoms with Crippen LogP contribution in [0.2, 0.25) is 0 Å². The first-order valence-corrected chi connectivity index (χ1v) is 8.14. The lowest BCUT2D eigenvalue weighted by atomic mass is 10.2. The van der Waals surface area contributed by atoms with Crippen molar-refractivity contribution >= 4 is 37.2 Å². The summed E-state index contributed by atoms with van der Waals surface area (Å²) in [7, 11) is 0. The van der Waals surface area contributed by atoms with E-state index in [2.05, 4.69) is 25.3 Å². The molecule has 0 bridgehead atoms. The summed E-state index contributed by atoms with van der Waals surface area (Å²) in [4.78, 5) is 19.7. The maximum Gasteiger partial charge on any atom is 0.303 e. The Morgan fingerprint density at radius 1 is 0.864 bits per heavy atom. The SMILES string of the molecule is CC(O)CCO.CC(S)CCC(=O)O.CC(S)CCC(=O)O. The molecule has 0 amide bonds. The summed E-state index contributed by atoms with van der Waals surface area (Å²) in [5, 5.41) is 33.1. The summed E-state index contributed by atoms with van der Waals surface area (Å²) in [5.41, 5.74) is 0. The van der Waals surface area contributed by atoms with Gasteiger partial charge in [-0.15, -0.1) is 0 Å². The molecule has 134 valence electrons. The number of carbonyl (C=O) groups is 2. The van der Waals surface area contributed by atoms with Crippen molar-refractivity contribution in [3.63, 3.8) is 0 Å². The topological polar surface area (TPSA) is 115 Å². The minimum absolute atomic E-state index is 0.0810. The fourth-order valence-corrected chi connectivity index (χ4v) is 1.11. The first-order chi connectivity index (χ1) is 10.0. The highest BCUT2D eigenvalue weighted by molar-refractivity contribution is 7.81. The molecule has 6 nitrogen and oxygen atoms in total. The van der Waals surface area contributed by atoms with Crippen LogP contribution < -0.4 is 0 Å². The van der Waals surface area contributed by atoms with Gasteiger partial charge in [0.2, 0.25) is 0 Å². The summed E-state index contributed by atoms with van der Waals surface area (Å²) in [6, 6.07) is 0. The fraction of sp³-hybridized carbons (Fsp3) is 0.857. The highest BCUT2D eigenvalue weighted by Gasteiger charge is 1.99. The van der Waals surface area contributed by atoms with Crippen molar-refractivity contribution in [1.82, 2.24) is 0 Å². The lowest BCUT2D eigenvalue weighted by Crippen LogP contribution is -2.00. The minimum Gasteiger partial charge on any atom is -0.481 e. The van der Waals surface area contributed by atoms with Crippen LogP contribution in [0, 0.1) is 0 Å². The molecule has 0 rings (SSSR count). The predicted octanol–water partition coefficient (Wildman–Crippen LogP) is 2.09. The van der Waals surface area contributed by atoms with Gasteiger partial charge in [0.25, 0.3) is 0 Å². The minimum atomic E-state index is -0.745. The Morgan fingerprint density at radius 3 is 1.23 bits per heavy atom. The van der Waals surface area contributed by atoms with E-state index >= 15 is 0 Å². The maximum absolute atomic E-state index is 9.87. The molecule has 0 aromatic rings. The molecule has 0 heterocycles. The predicted molar refractivity (Wildman–Crippen MR) is 94.0 cm³/mol. The van der Waals surface area contributed by atoms with Gasteiger partial charge in [-0.1, -0.05) is 13.8 Å². The third-order valence-corrected chi connectivity index (χ3v) is 2.62. The number of aliphatic carboxylic acids is 2. The number of rotatable bonds is 8. The second kappa shape index (κ2) is 18.6. The van der Waals surface area contributed by atoms with E-state index in [-0.39, 0.29) is 36.1 Å². The van der Waals surface area contributed by atoms with E-state index in [0.29, 0.717) is 19.3 Å². The van der Waals surface area contributed by atoms with E-state index in [1.54, 1.807) is 6.92 Å². The van der Waals surface area contributed by atoms with E-state index in [9.17, 15) is 9.59 Å². The van der Waals surface area contributed by atoms with Crippen LogP contribution in [0.4, 0.5) is 0 Å². The van der Waals surface area contributed by atoms with E-state index in [4.69, 9.17) is 20.4 Å².